The van der Waals surface area contributed by atoms with Gasteiger partial charge in [-0.3, -0.25) is 4.79 Å². The molecule has 66 valence electrons. The molecule has 0 aromatic heterocycles. The van der Waals surface area contributed by atoms with E-state index in [0.717, 1.165) is 7.11 Å². The zero-order chi connectivity index (χ0) is 9.72. The third-order valence-corrected chi connectivity index (χ3v) is 1.25. The summed E-state index contributed by atoms with van der Waals surface area (Å²) in [5.74, 6) is -1.69. The number of carbonyl (C=O) groups excluding carboxylic acids is 2. The second-order valence-corrected chi connectivity index (χ2v) is 2.47. The maximum Gasteiger partial charge on any atom is 0.490 e. The molecule has 5 nitrogen and oxygen atoms in total. The summed E-state index contributed by atoms with van der Waals surface area (Å²) in [7, 11) is 1.14. The van der Waals surface area contributed by atoms with Gasteiger partial charge in [-0.25, -0.2) is 4.79 Å². The van der Waals surface area contributed by atoms with E-state index in [4.69, 9.17) is 5.53 Å². The van der Waals surface area contributed by atoms with Gasteiger partial charge in [0.05, 0.1) is 17.4 Å². The minimum Gasteiger partial charge on any atom is -0.460 e. The molecule has 0 unspecified atom stereocenters. The van der Waals surface area contributed by atoms with Crippen LogP contribution in [-0.2, 0) is 14.3 Å². The fraction of sp³-hybridized carbons (Fsp3) is 0.571. The summed E-state index contributed by atoms with van der Waals surface area (Å²) in [5.41, 5.74) is 6.13. The average molecular weight is 171 g/mol. The fourth-order valence-electron chi connectivity index (χ4n) is 0.571. The van der Waals surface area contributed by atoms with Crippen LogP contribution in [0, 0.1) is 11.4 Å². The van der Waals surface area contributed by atoms with E-state index < -0.39 is 17.5 Å². The minimum atomic E-state index is -0.858. The minimum absolute atomic E-state index is 0.354. The third-order valence-electron chi connectivity index (χ3n) is 1.25. The summed E-state index contributed by atoms with van der Waals surface area (Å²) in [6.45, 7) is 3.24. The van der Waals surface area contributed by atoms with Crippen molar-refractivity contribution in [1.29, 1.82) is 5.53 Å². The van der Waals surface area contributed by atoms with Crippen molar-refractivity contribution >= 4 is 17.5 Å². The normalized spacial score (nSPS) is 9.00. The molecule has 0 heterocycles. The number of Topliss-reactive ketones (excluding diaryl/α,β-unsaturated/α-hetero) is 1. The van der Waals surface area contributed by atoms with Gasteiger partial charge in [-0.05, 0) is 0 Å². The molecule has 0 bridgehead atoms. The highest BCUT2D eigenvalue weighted by atomic mass is 16.5. The van der Waals surface area contributed by atoms with Crippen molar-refractivity contribution in [3.05, 3.63) is 0 Å². The highest BCUT2D eigenvalue weighted by molar-refractivity contribution is 6.62. The number of nitrogens with zero attached hydrogens (tertiary/aromatic N) is 1. The van der Waals surface area contributed by atoms with Gasteiger partial charge in [0, 0.05) is 5.92 Å². The van der Waals surface area contributed by atoms with Gasteiger partial charge in [-0.1, -0.05) is 13.8 Å². The van der Waals surface area contributed by atoms with E-state index in [1.165, 1.54) is 0 Å². The third kappa shape index (κ3) is 2.29. The van der Waals surface area contributed by atoms with E-state index >= 15 is 0 Å². The van der Waals surface area contributed by atoms with E-state index in [1.807, 2.05) is 0 Å². The number of ether oxygens (including phenoxy) is 1. The number of rotatable bonds is 3. The van der Waals surface area contributed by atoms with Crippen LogP contribution in [0.15, 0.2) is 0 Å². The lowest BCUT2D eigenvalue weighted by Crippen LogP contribution is -2.29. The standard InChI is InChI=1S/C7H11N2O3/c1-4(2)6(10)5(9-8)7(11)12-3/h4,8H,1-3H3/q+1. The van der Waals surface area contributed by atoms with Gasteiger partial charge in [-0.2, -0.15) is 0 Å². The molecule has 12 heavy (non-hydrogen) atoms. The summed E-state index contributed by atoms with van der Waals surface area (Å²) in [6, 6.07) is 0. The van der Waals surface area contributed by atoms with E-state index in [0.29, 0.717) is 0 Å². The predicted octanol–water partition coefficient (Wildman–Crippen LogP) is 0.0647. The summed E-state index contributed by atoms with van der Waals surface area (Å²) in [5, 5.41) is 0. The van der Waals surface area contributed by atoms with Crippen molar-refractivity contribution in [2.24, 2.45) is 5.92 Å². The molecule has 0 saturated heterocycles. The van der Waals surface area contributed by atoms with Crippen molar-refractivity contribution < 1.29 is 19.1 Å². The number of hydrogen-bond donors (Lipinski definition) is 1. The Morgan fingerprint density at radius 3 is 2.17 bits per heavy atom. The number of nitrogens with one attached hydrogen (secondary N) is 1. The van der Waals surface area contributed by atoms with E-state index in [1.54, 1.807) is 13.8 Å². The SMILES string of the molecule is COC(=O)C(=[N+]=N)C(=O)C(C)C. The van der Waals surface area contributed by atoms with Gasteiger partial charge in [0.25, 0.3) is 5.78 Å². The first-order valence-electron chi connectivity index (χ1n) is 3.41. The van der Waals surface area contributed by atoms with Gasteiger partial charge in [0.1, 0.15) is 0 Å². The number of carbonyl (C=O) groups is 2. The second-order valence-electron chi connectivity index (χ2n) is 2.47. The quantitative estimate of drug-likeness (QED) is 0.214. The topological polar surface area (TPSA) is 81.3 Å². The smallest absolute Gasteiger partial charge is 0.460 e. The van der Waals surface area contributed by atoms with Gasteiger partial charge in [0.15, 0.2) is 0 Å². The number of ketones is 1. The average Bonchev–Trinajstić information content (AvgIpc) is 2.05. The lowest BCUT2D eigenvalue weighted by molar-refractivity contribution is -0.155. The Hall–Kier alpha value is -1.48. The maximum absolute atomic E-state index is 11.1. The first-order chi connectivity index (χ1) is 5.54. The molecule has 0 spiro atoms. The van der Waals surface area contributed by atoms with Crippen LogP contribution in [0.2, 0.25) is 0 Å². The number of hydrogen-bond acceptors (Lipinski definition) is 4. The first kappa shape index (κ1) is 10.5. The Kier molecular flexibility index (Phi) is 3.86. The van der Waals surface area contributed by atoms with Crippen molar-refractivity contribution in [1.82, 2.24) is 0 Å². The molecule has 0 aromatic rings. The molecule has 5 heteroatoms. The van der Waals surface area contributed by atoms with Crippen LogP contribution in [0.3, 0.4) is 0 Å². The Balaban J connectivity index is 4.72. The van der Waals surface area contributed by atoms with Gasteiger partial charge in [-0.15, -0.1) is 0 Å². The zero-order valence-corrected chi connectivity index (χ0v) is 7.25. The summed E-state index contributed by atoms with van der Waals surface area (Å²) >= 11 is 0. The molecule has 0 radical (unpaired) electrons. The van der Waals surface area contributed by atoms with Crippen LogP contribution in [0.25, 0.3) is 0 Å². The summed E-state index contributed by atoms with van der Waals surface area (Å²) < 4.78 is 4.26. The molecule has 0 aromatic carbocycles. The summed E-state index contributed by atoms with van der Waals surface area (Å²) in [6.07, 6.45) is 0. The van der Waals surface area contributed by atoms with E-state index in [2.05, 4.69) is 9.53 Å². The van der Waals surface area contributed by atoms with Gasteiger partial charge < -0.3 is 4.74 Å². The lowest BCUT2D eigenvalue weighted by Gasteiger charge is -1.95. The highest BCUT2D eigenvalue weighted by Gasteiger charge is 2.34. The molecule has 0 rings (SSSR count). The van der Waals surface area contributed by atoms with Gasteiger partial charge in [0.2, 0.25) is 0 Å². The molecule has 1 N–H and O–H groups in total. The maximum atomic E-state index is 11.1. The molecule has 0 amide bonds. The Labute approximate surface area is 69.9 Å². The Morgan fingerprint density at radius 2 is 1.92 bits per heavy atom. The molecule has 0 aliphatic heterocycles. The first-order valence-corrected chi connectivity index (χ1v) is 3.41. The monoisotopic (exact) mass is 171 g/mol. The van der Waals surface area contributed by atoms with Crippen LogP contribution in [0.4, 0.5) is 0 Å². The molecule has 0 fully saturated rings. The lowest BCUT2D eigenvalue weighted by atomic mass is 10.1. The van der Waals surface area contributed by atoms with Crippen LogP contribution in [0.1, 0.15) is 13.8 Å². The zero-order valence-electron chi connectivity index (χ0n) is 7.25. The van der Waals surface area contributed by atoms with Crippen LogP contribution < -0.4 is 0 Å². The van der Waals surface area contributed by atoms with Gasteiger partial charge >= 0.3 is 11.7 Å². The fourth-order valence-corrected chi connectivity index (χ4v) is 0.571. The van der Waals surface area contributed by atoms with Crippen LogP contribution in [0.5, 0.6) is 0 Å². The van der Waals surface area contributed by atoms with Crippen LogP contribution >= 0.6 is 0 Å². The van der Waals surface area contributed by atoms with E-state index in [-0.39, 0.29) is 5.92 Å². The Bertz CT molecular complexity index is 251. The van der Waals surface area contributed by atoms with Crippen molar-refractivity contribution in [2.45, 2.75) is 13.8 Å². The molecular formula is C7H11N2O3+. The van der Waals surface area contributed by atoms with Crippen molar-refractivity contribution in [3.8, 4) is 0 Å². The molecular weight excluding hydrogens is 160 g/mol. The predicted molar refractivity (Wildman–Crippen MR) is 39.8 cm³/mol. The highest BCUT2D eigenvalue weighted by Crippen LogP contribution is 1.96. The number of methoxy groups -OCH3 is 1. The largest absolute Gasteiger partial charge is 0.490 e. The summed E-state index contributed by atoms with van der Waals surface area (Å²) in [4.78, 5) is 24.7. The van der Waals surface area contributed by atoms with Crippen molar-refractivity contribution in [3.63, 3.8) is 0 Å². The molecule has 0 saturated carbocycles. The molecule has 0 aliphatic carbocycles. The Morgan fingerprint density at radius 1 is 1.42 bits per heavy atom. The van der Waals surface area contributed by atoms with Crippen LogP contribution in [-0.4, -0.2) is 29.4 Å². The number of esters is 1. The second kappa shape index (κ2) is 4.41. The molecule has 0 atom stereocenters. The van der Waals surface area contributed by atoms with E-state index in [9.17, 15) is 9.59 Å². The van der Waals surface area contributed by atoms with Crippen molar-refractivity contribution in [2.75, 3.05) is 7.11 Å². The molecule has 0 aliphatic rings.